The molecule has 194 valence electrons. The molecule has 2 heterocycles. The molecule has 6 aromatic rings. The molecular weight excluding hydrogens is 493 g/mol. The van der Waals surface area contributed by atoms with E-state index in [1.165, 1.54) is 18.5 Å². The minimum atomic E-state index is -1.02. The van der Waals surface area contributed by atoms with Gasteiger partial charge in [-0.1, -0.05) is 30.3 Å². The highest BCUT2D eigenvalue weighted by Gasteiger charge is 2.21. The summed E-state index contributed by atoms with van der Waals surface area (Å²) in [5.41, 5.74) is 11.5. The third-order valence-electron chi connectivity index (χ3n) is 7.20. The van der Waals surface area contributed by atoms with E-state index in [9.17, 15) is 14.3 Å². The van der Waals surface area contributed by atoms with E-state index in [4.69, 9.17) is 5.73 Å². The molecule has 0 fully saturated rings. The van der Waals surface area contributed by atoms with E-state index in [0.717, 1.165) is 44.2 Å². The van der Waals surface area contributed by atoms with Gasteiger partial charge in [0.1, 0.15) is 18.0 Å². The number of H-pyrrole nitrogens is 1. The van der Waals surface area contributed by atoms with Gasteiger partial charge < -0.3 is 21.1 Å². The lowest BCUT2D eigenvalue weighted by Gasteiger charge is -2.17. The number of anilines is 2. The number of carbonyl (C=O) groups excluding carboxylic acids is 1. The molecule has 0 aliphatic heterocycles. The molecule has 0 saturated carbocycles. The van der Waals surface area contributed by atoms with Crippen LogP contribution in [-0.2, 0) is 5.60 Å². The normalized spacial score (nSPS) is 11.9. The molecule has 5 N–H and O–H groups in total. The van der Waals surface area contributed by atoms with Gasteiger partial charge in [-0.3, -0.25) is 4.79 Å². The first-order valence-electron chi connectivity index (χ1n) is 12.5. The van der Waals surface area contributed by atoms with E-state index in [2.05, 4.69) is 20.3 Å². The summed E-state index contributed by atoms with van der Waals surface area (Å²) in [6.45, 7) is 5.46. The highest BCUT2D eigenvalue weighted by Crippen LogP contribution is 2.40. The van der Waals surface area contributed by atoms with Crippen molar-refractivity contribution in [2.24, 2.45) is 5.73 Å². The maximum absolute atomic E-state index is 14.0. The van der Waals surface area contributed by atoms with Crippen molar-refractivity contribution in [3.63, 3.8) is 0 Å². The van der Waals surface area contributed by atoms with Crippen molar-refractivity contribution >= 4 is 50.1 Å². The summed E-state index contributed by atoms with van der Waals surface area (Å²) < 4.78 is 14.0. The Morgan fingerprint density at radius 3 is 2.59 bits per heavy atom. The molecule has 7 nitrogen and oxygen atoms in total. The van der Waals surface area contributed by atoms with Gasteiger partial charge in [0, 0.05) is 27.4 Å². The van der Waals surface area contributed by atoms with Crippen molar-refractivity contribution in [3.8, 4) is 11.1 Å². The maximum Gasteiger partial charge on any atom is 0.250 e. The number of carbonyl (C=O) groups is 1. The number of aliphatic hydroxyl groups is 1. The van der Waals surface area contributed by atoms with Gasteiger partial charge in [-0.2, -0.15) is 0 Å². The van der Waals surface area contributed by atoms with Crippen molar-refractivity contribution in [2.75, 3.05) is 5.32 Å². The Kier molecular flexibility index (Phi) is 5.59. The number of hydrogen-bond donors (Lipinski definition) is 4. The smallest absolute Gasteiger partial charge is 0.250 e. The number of aromatic nitrogens is 3. The minimum Gasteiger partial charge on any atom is -0.386 e. The number of amides is 1. The summed E-state index contributed by atoms with van der Waals surface area (Å²) in [5, 5.41) is 16.2. The van der Waals surface area contributed by atoms with Crippen LogP contribution >= 0.6 is 0 Å². The molecule has 0 aliphatic rings. The first kappa shape index (κ1) is 24.5. The third-order valence-corrected chi connectivity index (χ3v) is 7.20. The molecule has 0 aliphatic carbocycles. The van der Waals surface area contributed by atoms with Crippen LogP contribution in [-0.4, -0.2) is 26.0 Å². The fourth-order valence-corrected chi connectivity index (χ4v) is 5.14. The summed E-state index contributed by atoms with van der Waals surface area (Å²) >= 11 is 0. The van der Waals surface area contributed by atoms with Crippen molar-refractivity contribution in [1.29, 1.82) is 0 Å². The lowest BCUT2D eigenvalue weighted by atomic mass is 9.92. The number of nitrogens with two attached hydrogens (primary N) is 1. The van der Waals surface area contributed by atoms with Crippen molar-refractivity contribution in [2.45, 2.75) is 26.4 Å². The second-order valence-corrected chi connectivity index (χ2v) is 10.2. The van der Waals surface area contributed by atoms with Crippen LogP contribution in [0.1, 0.15) is 35.3 Å². The van der Waals surface area contributed by atoms with E-state index in [-0.39, 0.29) is 5.82 Å². The molecular formula is C31H26FN5O2. The fourth-order valence-electron chi connectivity index (χ4n) is 5.14. The molecule has 1 amide bonds. The molecule has 0 spiro atoms. The van der Waals surface area contributed by atoms with E-state index in [1.54, 1.807) is 26.0 Å². The Balaban J connectivity index is 1.55. The van der Waals surface area contributed by atoms with Gasteiger partial charge >= 0.3 is 0 Å². The minimum absolute atomic E-state index is 0.366. The van der Waals surface area contributed by atoms with Gasteiger partial charge in [0.25, 0.3) is 5.91 Å². The first-order valence-corrected chi connectivity index (χ1v) is 12.5. The lowest BCUT2D eigenvalue weighted by Crippen LogP contribution is -2.14. The van der Waals surface area contributed by atoms with Crippen molar-refractivity contribution in [1.82, 2.24) is 15.0 Å². The van der Waals surface area contributed by atoms with Crippen LogP contribution in [0.5, 0.6) is 0 Å². The van der Waals surface area contributed by atoms with Gasteiger partial charge in [-0.05, 0) is 79.4 Å². The Labute approximate surface area is 223 Å². The number of primary amides is 1. The van der Waals surface area contributed by atoms with Crippen LogP contribution < -0.4 is 11.1 Å². The van der Waals surface area contributed by atoms with Gasteiger partial charge in [0.2, 0.25) is 0 Å². The lowest BCUT2D eigenvalue weighted by molar-refractivity contribution is 0.0787. The highest BCUT2D eigenvalue weighted by atomic mass is 19.1. The second-order valence-electron chi connectivity index (χ2n) is 10.2. The van der Waals surface area contributed by atoms with Crippen LogP contribution in [0.2, 0.25) is 0 Å². The monoisotopic (exact) mass is 519 g/mol. The van der Waals surface area contributed by atoms with Gasteiger partial charge in [0.15, 0.2) is 0 Å². The summed E-state index contributed by atoms with van der Waals surface area (Å²) in [4.78, 5) is 24.3. The van der Waals surface area contributed by atoms with Crippen molar-refractivity contribution < 1.29 is 14.3 Å². The molecule has 2 aromatic heterocycles. The standard InChI is InChI=1S/C31H26FN5O2/c1-16-19(5-4-6-24(16)37-30-23-14-18(32)8-12-25(23)34-15-35-30)20-10-11-22(29(33)38)28-27(20)21-9-7-17(31(2,3)39)13-26(21)36-28/h4-15,36,39H,1-3H3,(H2,33,38)(H,34,35,37). The predicted octanol–water partition coefficient (Wildman–Crippen LogP) is 6.45. The number of fused-ring (bicyclic) bond motifs is 4. The molecule has 0 radical (unpaired) electrons. The summed E-state index contributed by atoms with van der Waals surface area (Å²) in [6, 6.07) is 19.7. The van der Waals surface area contributed by atoms with Gasteiger partial charge in [0.05, 0.1) is 22.2 Å². The largest absolute Gasteiger partial charge is 0.386 e. The van der Waals surface area contributed by atoms with E-state index >= 15 is 0 Å². The number of rotatable bonds is 5. The molecule has 4 aromatic carbocycles. The molecule has 8 heteroatoms. The summed E-state index contributed by atoms with van der Waals surface area (Å²) in [5.74, 6) is -0.397. The predicted molar refractivity (Wildman–Crippen MR) is 153 cm³/mol. The second kappa shape index (κ2) is 8.89. The molecule has 39 heavy (non-hydrogen) atoms. The first-order chi connectivity index (χ1) is 18.6. The average molecular weight is 520 g/mol. The Morgan fingerprint density at radius 2 is 1.82 bits per heavy atom. The number of nitrogens with zero attached hydrogens (tertiary/aromatic N) is 2. The van der Waals surface area contributed by atoms with Crippen LogP contribution in [0.4, 0.5) is 15.9 Å². The fraction of sp³-hybridized carbons (Fsp3) is 0.129. The third kappa shape index (κ3) is 4.15. The number of halogens is 1. The Hall–Kier alpha value is -4.82. The zero-order valence-electron chi connectivity index (χ0n) is 21.6. The Bertz CT molecular complexity index is 1940. The maximum atomic E-state index is 14.0. The van der Waals surface area contributed by atoms with E-state index < -0.39 is 11.5 Å². The van der Waals surface area contributed by atoms with E-state index in [1.807, 2.05) is 49.4 Å². The molecule has 0 atom stereocenters. The van der Waals surface area contributed by atoms with Gasteiger partial charge in [-0.15, -0.1) is 0 Å². The molecule has 0 saturated heterocycles. The molecule has 0 bridgehead atoms. The number of nitrogens with one attached hydrogen (secondary N) is 2. The summed E-state index contributed by atoms with van der Waals surface area (Å²) in [6.07, 6.45) is 1.45. The number of hydrogen-bond acceptors (Lipinski definition) is 5. The highest BCUT2D eigenvalue weighted by molar-refractivity contribution is 6.20. The zero-order chi connectivity index (χ0) is 27.5. The molecule has 0 unspecified atom stereocenters. The summed E-state index contributed by atoms with van der Waals surface area (Å²) in [7, 11) is 0. The SMILES string of the molecule is Cc1c(Nc2ncnc3ccc(F)cc23)cccc1-c1ccc(C(N)=O)c2[nH]c3cc(C(C)(C)O)ccc3c12. The zero-order valence-corrected chi connectivity index (χ0v) is 21.6. The average Bonchev–Trinajstić information content (AvgIpc) is 3.28. The molecule has 6 rings (SSSR count). The van der Waals surface area contributed by atoms with E-state index in [0.29, 0.717) is 27.8 Å². The quantitative estimate of drug-likeness (QED) is 0.209. The van der Waals surface area contributed by atoms with Crippen molar-refractivity contribution in [3.05, 3.63) is 95.6 Å². The van der Waals surface area contributed by atoms with Crippen LogP contribution in [0.15, 0.2) is 73.1 Å². The topological polar surface area (TPSA) is 117 Å². The van der Waals surface area contributed by atoms with Crippen LogP contribution in [0, 0.1) is 12.7 Å². The van der Waals surface area contributed by atoms with Crippen LogP contribution in [0.3, 0.4) is 0 Å². The number of benzene rings is 4. The van der Waals surface area contributed by atoms with Gasteiger partial charge in [-0.25, -0.2) is 14.4 Å². The number of aromatic amines is 1. The van der Waals surface area contributed by atoms with Crippen LogP contribution in [0.25, 0.3) is 43.8 Å². The Morgan fingerprint density at radius 1 is 1.00 bits per heavy atom.